The molecule has 0 saturated heterocycles. The minimum absolute atomic E-state index is 0.196. The van der Waals surface area contributed by atoms with Crippen molar-refractivity contribution < 1.29 is 4.79 Å². The van der Waals surface area contributed by atoms with Gasteiger partial charge in [0, 0.05) is 30.5 Å². The van der Waals surface area contributed by atoms with Gasteiger partial charge in [-0.2, -0.15) is 5.10 Å². The first kappa shape index (κ1) is 13.4. The van der Waals surface area contributed by atoms with Gasteiger partial charge in [-0.3, -0.25) is 9.48 Å². The largest absolute Gasteiger partial charge is 0.398 e. The summed E-state index contributed by atoms with van der Waals surface area (Å²) in [6.07, 6.45) is 4.43. The van der Waals surface area contributed by atoms with Crippen LogP contribution in [-0.4, -0.2) is 22.2 Å². The van der Waals surface area contributed by atoms with E-state index in [9.17, 15) is 4.79 Å². The maximum absolute atomic E-state index is 11.9. The fraction of sp³-hybridized carbons (Fsp3) is 0.231. The van der Waals surface area contributed by atoms with Gasteiger partial charge in [0.1, 0.15) is 0 Å². The van der Waals surface area contributed by atoms with Crippen molar-refractivity contribution in [2.75, 3.05) is 12.3 Å². The summed E-state index contributed by atoms with van der Waals surface area (Å²) in [6, 6.07) is 4.84. The second kappa shape index (κ2) is 5.75. The van der Waals surface area contributed by atoms with Crippen LogP contribution in [0.2, 0.25) is 5.02 Å². The van der Waals surface area contributed by atoms with E-state index < -0.39 is 0 Å². The van der Waals surface area contributed by atoms with E-state index in [1.807, 2.05) is 13.2 Å². The molecule has 2 rings (SSSR count). The minimum atomic E-state index is -0.196. The summed E-state index contributed by atoms with van der Waals surface area (Å²) in [7, 11) is 1.86. The molecule has 3 N–H and O–H groups in total. The first-order valence-corrected chi connectivity index (χ1v) is 6.25. The molecule has 6 heteroatoms. The highest BCUT2D eigenvalue weighted by atomic mass is 35.5. The van der Waals surface area contributed by atoms with Crippen molar-refractivity contribution >= 4 is 23.2 Å². The number of nitrogens with two attached hydrogens (primary N) is 1. The Hall–Kier alpha value is -2.01. The molecule has 0 saturated carbocycles. The molecule has 5 nitrogen and oxygen atoms in total. The number of benzene rings is 1. The SMILES string of the molecule is Cn1cc(CCNC(=O)c2ccc(Cl)cc2N)cn1. The Kier molecular flexibility index (Phi) is 4.06. The standard InChI is InChI=1S/C13H15ClN4O/c1-18-8-9(7-17-18)4-5-16-13(19)11-3-2-10(14)6-12(11)15/h2-3,6-8H,4-5,15H2,1H3,(H,16,19). The number of nitrogen functional groups attached to an aromatic ring is 1. The van der Waals surface area contributed by atoms with Crippen LogP contribution >= 0.6 is 11.6 Å². The van der Waals surface area contributed by atoms with Crippen molar-refractivity contribution in [1.82, 2.24) is 15.1 Å². The molecule has 0 atom stereocenters. The smallest absolute Gasteiger partial charge is 0.253 e. The van der Waals surface area contributed by atoms with Gasteiger partial charge >= 0.3 is 0 Å². The van der Waals surface area contributed by atoms with E-state index in [1.54, 1.807) is 29.1 Å². The first-order chi connectivity index (χ1) is 9.06. The molecule has 1 aromatic heterocycles. The molecule has 0 aliphatic carbocycles. The number of rotatable bonds is 4. The summed E-state index contributed by atoms with van der Waals surface area (Å²) >= 11 is 5.79. The molecule has 1 heterocycles. The average Bonchev–Trinajstić information content (AvgIpc) is 2.75. The summed E-state index contributed by atoms with van der Waals surface area (Å²) in [5.74, 6) is -0.196. The van der Waals surface area contributed by atoms with Crippen LogP contribution in [0.4, 0.5) is 5.69 Å². The number of hydrogen-bond donors (Lipinski definition) is 2. The van der Waals surface area contributed by atoms with Crippen LogP contribution in [0.1, 0.15) is 15.9 Å². The first-order valence-electron chi connectivity index (χ1n) is 5.87. The number of aromatic nitrogens is 2. The molecule has 0 radical (unpaired) electrons. The van der Waals surface area contributed by atoms with E-state index in [2.05, 4.69) is 10.4 Å². The molecule has 2 aromatic rings. The minimum Gasteiger partial charge on any atom is -0.398 e. The van der Waals surface area contributed by atoms with Gasteiger partial charge in [-0.15, -0.1) is 0 Å². The lowest BCUT2D eigenvalue weighted by atomic mass is 10.1. The van der Waals surface area contributed by atoms with Crippen molar-refractivity contribution in [2.24, 2.45) is 7.05 Å². The van der Waals surface area contributed by atoms with E-state index in [0.29, 0.717) is 22.8 Å². The van der Waals surface area contributed by atoms with Crippen LogP contribution in [-0.2, 0) is 13.5 Å². The molecule has 0 fully saturated rings. The molecular weight excluding hydrogens is 264 g/mol. The van der Waals surface area contributed by atoms with Crippen LogP contribution in [0.3, 0.4) is 0 Å². The highest BCUT2D eigenvalue weighted by molar-refractivity contribution is 6.31. The normalized spacial score (nSPS) is 10.4. The van der Waals surface area contributed by atoms with Gasteiger partial charge in [0.05, 0.1) is 11.8 Å². The Morgan fingerprint density at radius 2 is 2.32 bits per heavy atom. The zero-order chi connectivity index (χ0) is 13.8. The average molecular weight is 279 g/mol. The molecular formula is C13H15ClN4O. The third-order valence-electron chi connectivity index (χ3n) is 2.72. The number of carbonyl (C=O) groups is 1. The lowest BCUT2D eigenvalue weighted by Gasteiger charge is -2.07. The predicted octanol–water partition coefficient (Wildman–Crippen LogP) is 1.63. The van der Waals surface area contributed by atoms with E-state index in [-0.39, 0.29) is 5.91 Å². The van der Waals surface area contributed by atoms with Gasteiger partial charge in [0.15, 0.2) is 0 Å². The van der Waals surface area contributed by atoms with Crippen LogP contribution in [0.25, 0.3) is 0 Å². The lowest BCUT2D eigenvalue weighted by Crippen LogP contribution is -2.26. The van der Waals surface area contributed by atoms with E-state index in [0.717, 1.165) is 12.0 Å². The Balaban J connectivity index is 1.90. The van der Waals surface area contributed by atoms with E-state index in [4.69, 9.17) is 17.3 Å². The van der Waals surface area contributed by atoms with Crippen LogP contribution in [0, 0.1) is 0 Å². The number of carbonyl (C=O) groups excluding carboxylic acids is 1. The van der Waals surface area contributed by atoms with E-state index in [1.165, 1.54) is 0 Å². The maximum atomic E-state index is 11.9. The van der Waals surface area contributed by atoms with Crippen LogP contribution < -0.4 is 11.1 Å². The summed E-state index contributed by atoms with van der Waals surface area (Å²) in [5, 5.41) is 7.40. The molecule has 100 valence electrons. The number of anilines is 1. The molecule has 1 aromatic carbocycles. The van der Waals surface area contributed by atoms with Gasteiger partial charge in [0.2, 0.25) is 0 Å². The predicted molar refractivity (Wildman–Crippen MR) is 75.1 cm³/mol. The van der Waals surface area contributed by atoms with Crippen molar-refractivity contribution in [3.8, 4) is 0 Å². The van der Waals surface area contributed by atoms with Crippen LogP contribution in [0.15, 0.2) is 30.6 Å². The third kappa shape index (κ3) is 3.48. The van der Waals surface area contributed by atoms with Crippen molar-refractivity contribution in [3.63, 3.8) is 0 Å². The van der Waals surface area contributed by atoms with Gasteiger partial charge in [-0.05, 0) is 30.2 Å². The highest BCUT2D eigenvalue weighted by Gasteiger charge is 2.09. The Bertz CT molecular complexity index is 594. The van der Waals surface area contributed by atoms with Gasteiger partial charge < -0.3 is 11.1 Å². The number of amides is 1. The zero-order valence-corrected chi connectivity index (χ0v) is 11.3. The molecule has 0 aliphatic rings. The van der Waals surface area contributed by atoms with Crippen LogP contribution in [0.5, 0.6) is 0 Å². The Morgan fingerprint density at radius 1 is 1.53 bits per heavy atom. The second-order valence-corrected chi connectivity index (χ2v) is 4.70. The monoisotopic (exact) mass is 278 g/mol. The van der Waals surface area contributed by atoms with E-state index >= 15 is 0 Å². The molecule has 0 aliphatic heterocycles. The molecule has 1 amide bonds. The summed E-state index contributed by atoms with van der Waals surface area (Å²) in [6.45, 7) is 0.534. The number of halogens is 1. The second-order valence-electron chi connectivity index (χ2n) is 4.26. The number of aryl methyl sites for hydroxylation is 1. The van der Waals surface area contributed by atoms with Gasteiger partial charge in [0.25, 0.3) is 5.91 Å². The number of nitrogens with one attached hydrogen (secondary N) is 1. The fourth-order valence-corrected chi connectivity index (χ4v) is 1.94. The zero-order valence-electron chi connectivity index (χ0n) is 10.6. The van der Waals surface area contributed by atoms with Gasteiger partial charge in [-0.1, -0.05) is 11.6 Å². The quantitative estimate of drug-likeness (QED) is 0.835. The summed E-state index contributed by atoms with van der Waals surface area (Å²) in [5.41, 5.74) is 7.65. The van der Waals surface area contributed by atoms with Crippen molar-refractivity contribution in [3.05, 3.63) is 46.7 Å². The lowest BCUT2D eigenvalue weighted by molar-refractivity contribution is 0.0955. The van der Waals surface area contributed by atoms with Gasteiger partial charge in [-0.25, -0.2) is 0 Å². The van der Waals surface area contributed by atoms with Crippen molar-refractivity contribution in [2.45, 2.75) is 6.42 Å². The maximum Gasteiger partial charge on any atom is 0.253 e. The summed E-state index contributed by atoms with van der Waals surface area (Å²) < 4.78 is 1.73. The third-order valence-corrected chi connectivity index (χ3v) is 2.95. The Labute approximate surface area is 116 Å². The molecule has 0 spiro atoms. The summed E-state index contributed by atoms with van der Waals surface area (Å²) in [4.78, 5) is 11.9. The van der Waals surface area contributed by atoms with Crippen molar-refractivity contribution in [1.29, 1.82) is 0 Å². The number of hydrogen-bond acceptors (Lipinski definition) is 3. The fourth-order valence-electron chi connectivity index (χ4n) is 1.76. The number of nitrogens with zero attached hydrogens (tertiary/aromatic N) is 2. The molecule has 19 heavy (non-hydrogen) atoms. The Morgan fingerprint density at radius 3 is 2.95 bits per heavy atom. The molecule has 0 unspecified atom stereocenters. The molecule has 0 bridgehead atoms. The highest BCUT2D eigenvalue weighted by Crippen LogP contribution is 2.17. The topological polar surface area (TPSA) is 72.9 Å².